The van der Waals surface area contributed by atoms with E-state index in [0.717, 1.165) is 5.56 Å². The third-order valence-electron chi connectivity index (χ3n) is 4.58. The number of benzene rings is 2. The highest BCUT2D eigenvalue weighted by Crippen LogP contribution is 2.43. The van der Waals surface area contributed by atoms with Gasteiger partial charge in [0.1, 0.15) is 5.92 Å². The quantitative estimate of drug-likeness (QED) is 0.551. The van der Waals surface area contributed by atoms with E-state index >= 15 is 0 Å². The van der Waals surface area contributed by atoms with Gasteiger partial charge in [-0.05, 0) is 24.7 Å². The molecule has 0 aromatic heterocycles. The summed E-state index contributed by atoms with van der Waals surface area (Å²) in [4.78, 5) is 13.0. The van der Waals surface area contributed by atoms with Crippen LogP contribution in [0.1, 0.15) is 27.5 Å². The number of ketones is 1. The lowest BCUT2D eigenvalue weighted by molar-refractivity contribution is -0.285. The van der Waals surface area contributed by atoms with E-state index in [0.29, 0.717) is 5.56 Å². The maximum atomic E-state index is 13.8. The molecule has 0 saturated carbocycles. The van der Waals surface area contributed by atoms with Gasteiger partial charge in [-0.2, -0.15) is 13.2 Å². The number of carbonyl (C=O) groups excluding carboxylic acids is 1. The second kappa shape index (κ2) is 6.94. The molecule has 1 heterocycles. The summed E-state index contributed by atoms with van der Waals surface area (Å²) in [6.45, 7) is 1.84. The van der Waals surface area contributed by atoms with Crippen molar-refractivity contribution in [1.29, 1.82) is 0 Å². The monoisotopic (exact) mass is 394 g/mol. The van der Waals surface area contributed by atoms with Crippen LogP contribution in [0.2, 0.25) is 0 Å². The first-order chi connectivity index (χ1) is 12.6. The van der Waals surface area contributed by atoms with Crippen LogP contribution in [0.3, 0.4) is 0 Å². The van der Waals surface area contributed by atoms with Crippen LogP contribution in [0.15, 0.2) is 54.6 Å². The number of halogens is 3. The summed E-state index contributed by atoms with van der Waals surface area (Å²) < 4.78 is 41.5. The summed E-state index contributed by atoms with van der Waals surface area (Å²) in [5.74, 6) is -2.72. The maximum Gasteiger partial charge on any atom is 0.437 e. The molecule has 1 saturated heterocycles. The average Bonchev–Trinajstić information content (AvgIpc) is 2.61. The molecule has 1 aliphatic rings. The third-order valence-corrected chi connectivity index (χ3v) is 4.80. The van der Waals surface area contributed by atoms with Crippen LogP contribution < -0.4 is 10.6 Å². The van der Waals surface area contributed by atoms with Gasteiger partial charge in [-0.15, -0.1) is 0 Å². The number of Topliss-reactive ketones (excluding diaryl/α,β-unsaturated/α-hetero) is 1. The van der Waals surface area contributed by atoms with Crippen molar-refractivity contribution in [2.24, 2.45) is 5.92 Å². The molecule has 0 amide bonds. The number of thiocarbonyl (C=S) groups is 1. The molecule has 4 nitrogen and oxygen atoms in total. The van der Waals surface area contributed by atoms with E-state index in [4.69, 9.17) is 12.2 Å². The minimum Gasteiger partial charge on any atom is -0.363 e. The zero-order valence-corrected chi connectivity index (χ0v) is 15.1. The number of aryl methyl sites for hydroxylation is 1. The number of hydrogen-bond acceptors (Lipinski definition) is 3. The van der Waals surface area contributed by atoms with Crippen molar-refractivity contribution in [2.75, 3.05) is 0 Å². The molecule has 1 aliphatic heterocycles. The highest BCUT2D eigenvalue weighted by molar-refractivity contribution is 7.80. The largest absolute Gasteiger partial charge is 0.437 e. The minimum absolute atomic E-state index is 0.0682. The molecule has 3 N–H and O–H groups in total. The van der Waals surface area contributed by atoms with Gasteiger partial charge in [0.2, 0.25) is 5.72 Å². The van der Waals surface area contributed by atoms with Crippen LogP contribution >= 0.6 is 12.2 Å². The Morgan fingerprint density at radius 1 is 1.11 bits per heavy atom. The average molecular weight is 394 g/mol. The third kappa shape index (κ3) is 3.54. The molecular formula is C19H17F3N2O2S. The molecule has 8 heteroatoms. The van der Waals surface area contributed by atoms with E-state index < -0.39 is 29.6 Å². The number of alkyl halides is 3. The van der Waals surface area contributed by atoms with Gasteiger partial charge in [0.05, 0.1) is 6.04 Å². The Labute approximate surface area is 159 Å². The zero-order valence-electron chi connectivity index (χ0n) is 14.2. The number of aliphatic hydroxyl groups is 1. The van der Waals surface area contributed by atoms with Gasteiger partial charge in [0, 0.05) is 5.56 Å². The van der Waals surface area contributed by atoms with Gasteiger partial charge in [-0.3, -0.25) is 4.79 Å². The van der Waals surface area contributed by atoms with E-state index in [1.54, 1.807) is 42.5 Å². The van der Waals surface area contributed by atoms with Gasteiger partial charge in [0.15, 0.2) is 10.9 Å². The molecule has 3 atom stereocenters. The predicted molar refractivity (Wildman–Crippen MR) is 98.1 cm³/mol. The minimum atomic E-state index is -5.13. The SMILES string of the molecule is Cc1ccc([C@@H]2NC(=S)N[C@](O)(C(F)(F)F)[C@@H]2C(=O)c2ccccc2)cc1. The molecule has 0 radical (unpaired) electrons. The summed E-state index contributed by atoms with van der Waals surface area (Å²) in [5, 5.41) is 14.8. The van der Waals surface area contributed by atoms with Gasteiger partial charge in [0.25, 0.3) is 0 Å². The first-order valence-corrected chi connectivity index (χ1v) is 8.58. The Morgan fingerprint density at radius 2 is 1.70 bits per heavy atom. The van der Waals surface area contributed by atoms with Crippen LogP contribution in [0.25, 0.3) is 0 Å². The smallest absolute Gasteiger partial charge is 0.363 e. The van der Waals surface area contributed by atoms with Gasteiger partial charge < -0.3 is 15.7 Å². The van der Waals surface area contributed by atoms with Crippen molar-refractivity contribution in [1.82, 2.24) is 10.6 Å². The van der Waals surface area contributed by atoms with E-state index in [-0.39, 0.29) is 10.7 Å². The Hall–Kier alpha value is -2.45. The van der Waals surface area contributed by atoms with E-state index in [1.165, 1.54) is 12.1 Å². The Morgan fingerprint density at radius 3 is 2.26 bits per heavy atom. The molecule has 1 fully saturated rings. The highest BCUT2D eigenvalue weighted by atomic mass is 32.1. The fraction of sp³-hybridized carbons (Fsp3) is 0.263. The number of hydrogen-bond donors (Lipinski definition) is 3. The lowest BCUT2D eigenvalue weighted by Crippen LogP contribution is -2.72. The van der Waals surface area contributed by atoms with Crippen LogP contribution in [0, 0.1) is 12.8 Å². The summed E-state index contributed by atoms with van der Waals surface area (Å²) >= 11 is 4.89. The molecule has 2 aromatic rings. The van der Waals surface area contributed by atoms with E-state index in [9.17, 15) is 23.1 Å². The van der Waals surface area contributed by atoms with Crippen molar-refractivity contribution in [3.63, 3.8) is 0 Å². The second-order valence-electron chi connectivity index (χ2n) is 6.46. The van der Waals surface area contributed by atoms with Crippen LogP contribution in [-0.4, -0.2) is 27.9 Å². The molecule has 2 aromatic carbocycles. The van der Waals surface area contributed by atoms with Gasteiger partial charge in [-0.1, -0.05) is 60.2 Å². The highest BCUT2D eigenvalue weighted by Gasteiger charge is 2.65. The molecule has 27 heavy (non-hydrogen) atoms. The topological polar surface area (TPSA) is 61.4 Å². The number of carbonyl (C=O) groups is 1. The first kappa shape index (κ1) is 19.3. The van der Waals surface area contributed by atoms with Gasteiger partial charge >= 0.3 is 6.18 Å². The second-order valence-corrected chi connectivity index (χ2v) is 6.87. The molecule has 142 valence electrons. The molecule has 0 bridgehead atoms. The molecule has 3 rings (SSSR count). The van der Waals surface area contributed by atoms with Crippen molar-refractivity contribution >= 4 is 23.1 Å². The van der Waals surface area contributed by atoms with Crippen molar-refractivity contribution in [3.05, 3.63) is 71.3 Å². The van der Waals surface area contributed by atoms with Crippen LogP contribution in [-0.2, 0) is 0 Å². The fourth-order valence-electron chi connectivity index (χ4n) is 3.17. The Kier molecular flexibility index (Phi) is 4.96. The molecule has 0 unspecified atom stereocenters. The number of rotatable bonds is 3. The summed E-state index contributed by atoms with van der Waals surface area (Å²) in [6.07, 6.45) is -5.13. The fourth-order valence-corrected chi connectivity index (χ4v) is 3.46. The lowest BCUT2D eigenvalue weighted by Gasteiger charge is -2.46. The molecule has 0 spiro atoms. The van der Waals surface area contributed by atoms with E-state index in [1.807, 2.05) is 12.2 Å². The summed E-state index contributed by atoms with van der Waals surface area (Å²) in [5.41, 5.74) is -2.11. The van der Waals surface area contributed by atoms with Crippen molar-refractivity contribution < 1.29 is 23.1 Å². The molecule has 0 aliphatic carbocycles. The van der Waals surface area contributed by atoms with Gasteiger partial charge in [-0.25, -0.2) is 0 Å². The number of nitrogens with one attached hydrogen (secondary N) is 2. The Balaban J connectivity index is 2.15. The Bertz CT molecular complexity index is 856. The van der Waals surface area contributed by atoms with Crippen LogP contribution in [0.4, 0.5) is 13.2 Å². The van der Waals surface area contributed by atoms with Crippen LogP contribution in [0.5, 0.6) is 0 Å². The summed E-state index contributed by atoms with van der Waals surface area (Å²) in [6, 6.07) is 13.1. The van der Waals surface area contributed by atoms with E-state index in [2.05, 4.69) is 5.32 Å². The normalized spacial score (nSPS) is 25.4. The maximum absolute atomic E-state index is 13.8. The standard InChI is InChI=1S/C19H17F3N2O2S/c1-11-7-9-12(10-8-11)15-14(16(25)13-5-3-2-4-6-13)18(26,19(20,21)22)24-17(27)23-15/h2-10,14-15,26H,1H3,(H2,23,24,27)/t14-,15-,18+/m0/s1. The summed E-state index contributed by atoms with van der Waals surface area (Å²) in [7, 11) is 0. The first-order valence-electron chi connectivity index (χ1n) is 8.17. The van der Waals surface area contributed by atoms with Crippen molar-refractivity contribution in [2.45, 2.75) is 24.9 Å². The lowest BCUT2D eigenvalue weighted by atomic mass is 9.77. The molecular weight excluding hydrogens is 377 g/mol. The zero-order chi connectivity index (χ0) is 19.8. The predicted octanol–water partition coefficient (Wildman–Crippen LogP) is 3.26. The van der Waals surface area contributed by atoms with Crippen molar-refractivity contribution in [3.8, 4) is 0 Å².